The summed E-state index contributed by atoms with van der Waals surface area (Å²) in [6.45, 7) is 1.19. The summed E-state index contributed by atoms with van der Waals surface area (Å²) in [7, 11) is 0. The van der Waals surface area contributed by atoms with Gasteiger partial charge in [0.1, 0.15) is 30.4 Å². The zero-order valence-corrected chi connectivity index (χ0v) is 18.6. The highest BCUT2D eigenvalue weighted by Crippen LogP contribution is 2.15. The van der Waals surface area contributed by atoms with Gasteiger partial charge >= 0.3 is 0 Å². The molecule has 0 fully saturated rings. The highest BCUT2D eigenvalue weighted by atomic mass is 16.5. The smallest absolute Gasteiger partial charge is 0.271 e. The lowest BCUT2D eigenvalue weighted by molar-refractivity contribution is 0.0942. The van der Waals surface area contributed by atoms with Crippen molar-refractivity contribution in [3.8, 4) is 11.5 Å². The van der Waals surface area contributed by atoms with Crippen LogP contribution in [0.25, 0.3) is 0 Å². The average molecular weight is 456 g/mol. The topological polar surface area (TPSA) is 82.5 Å². The first kappa shape index (κ1) is 22.8. The van der Waals surface area contributed by atoms with E-state index in [2.05, 4.69) is 10.4 Å². The van der Waals surface area contributed by atoms with Gasteiger partial charge in [0.25, 0.3) is 11.5 Å². The van der Waals surface area contributed by atoms with Crippen LogP contribution in [0.3, 0.4) is 0 Å². The Balaban J connectivity index is 1.35. The van der Waals surface area contributed by atoms with Crippen LogP contribution in [0.1, 0.15) is 21.6 Å². The molecule has 1 N–H and O–H groups in total. The molecule has 1 amide bonds. The second-order valence-corrected chi connectivity index (χ2v) is 7.49. The van der Waals surface area contributed by atoms with E-state index >= 15 is 0 Å². The summed E-state index contributed by atoms with van der Waals surface area (Å²) in [6.07, 6.45) is 0. The van der Waals surface area contributed by atoms with Crippen molar-refractivity contribution in [2.24, 2.45) is 0 Å². The Bertz CT molecular complexity index is 1270. The molecule has 7 heteroatoms. The lowest BCUT2D eigenvalue weighted by Gasteiger charge is -2.12. The minimum atomic E-state index is -0.364. The van der Waals surface area contributed by atoms with E-state index in [-0.39, 0.29) is 30.3 Å². The molecule has 1 aromatic heterocycles. The predicted octanol–water partition coefficient (Wildman–Crippen LogP) is 3.83. The maximum Gasteiger partial charge on any atom is 0.271 e. The van der Waals surface area contributed by atoms with Crippen LogP contribution in [-0.2, 0) is 19.7 Å². The van der Waals surface area contributed by atoms with Crippen LogP contribution < -0.4 is 20.3 Å². The summed E-state index contributed by atoms with van der Waals surface area (Å²) < 4.78 is 12.7. The Morgan fingerprint density at radius 1 is 0.765 bits per heavy atom. The van der Waals surface area contributed by atoms with E-state index in [9.17, 15) is 9.59 Å². The molecule has 0 atom stereocenters. The summed E-state index contributed by atoms with van der Waals surface area (Å²) in [5.41, 5.74) is 1.79. The number of carbonyl (C=O) groups excluding carboxylic acids is 1. The number of benzene rings is 3. The number of nitrogens with one attached hydrogen (secondary N) is 1. The van der Waals surface area contributed by atoms with Gasteiger partial charge in [0.15, 0.2) is 0 Å². The second kappa shape index (κ2) is 11.5. The maximum absolute atomic E-state index is 12.7. The first-order chi connectivity index (χ1) is 16.7. The van der Waals surface area contributed by atoms with Crippen LogP contribution in [0.5, 0.6) is 11.5 Å². The highest BCUT2D eigenvalue weighted by Gasteiger charge is 2.11. The third kappa shape index (κ3) is 6.32. The van der Waals surface area contributed by atoms with Crippen molar-refractivity contribution < 1.29 is 14.3 Å². The molecule has 3 aromatic carbocycles. The van der Waals surface area contributed by atoms with Gasteiger partial charge in [-0.05, 0) is 41.5 Å². The minimum absolute atomic E-state index is 0.164. The van der Waals surface area contributed by atoms with Gasteiger partial charge in [-0.1, -0.05) is 60.7 Å². The zero-order chi connectivity index (χ0) is 23.6. The molecule has 34 heavy (non-hydrogen) atoms. The van der Waals surface area contributed by atoms with Crippen LogP contribution >= 0.6 is 0 Å². The molecular formula is C27H25N3O4. The Morgan fingerprint density at radius 2 is 1.38 bits per heavy atom. The van der Waals surface area contributed by atoms with Gasteiger partial charge in [0.2, 0.25) is 0 Å². The van der Waals surface area contributed by atoms with Crippen LogP contribution in [0, 0.1) is 0 Å². The second-order valence-electron chi connectivity index (χ2n) is 7.49. The van der Waals surface area contributed by atoms with E-state index in [4.69, 9.17) is 9.47 Å². The Morgan fingerprint density at radius 3 is 2.09 bits per heavy atom. The van der Waals surface area contributed by atoms with Gasteiger partial charge in [-0.15, -0.1) is 0 Å². The molecule has 0 aliphatic carbocycles. The summed E-state index contributed by atoms with van der Waals surface area (Å²) >= 11 is 0. The van der Waals surface area contributed by atoms with Crippen LogP contribution in [0.15, 0.2) is 102 Å². The number of carbonyl (C=O) groups is 1. The third-order valence-electron chi connectivity index (χ3n) is 5.11. The van der Waals surface area contributed by atoms with Gasteiger partial charge in [0.05, 0.1) is 6.54 Å². The normalized spacial score (nSPS) is 10.5. The van der Waals surface area contributed by atoms with Gasteiger partial charge in [0, 0.05) is 12.6 Å². The van der Waals surface area contributed by atoms with Gasteiger partial charge in [-0.25, -0.2) is 4.68 Å². The maximum atomic E-state index is 12.7. The molecule has 0 bridgehead atoms. The summed E-state index contributed by atoms with van der Waals surface area (Å²) in [4.78, 5) is 24.9. The van der Waals surface area contributed by atoms with Gasteiger partial charge in [-0.3, -0.25) is 9.59 Å². The monoisotopic (exact) mass is 455 g/mol. The molecule has 1 heterocycles. The number of amides is 1. The fourth-order valence-electron chi connectivity index (χ4n) is 3.31. The quantitative estimate of drug-likeness (QED) is 0.393. The first-order valence-corrected chi connectivity index (χ1v) is 11.0. The molecular weight excluding hydrogens is 430 g/mol. The molecule has 0 saturated carbocycles. The van der Waals surface area contributed by atoms with Gasteiger partial charge in [-0.2, -0.15) is 5.10 Å². The zero-order valence-electron chi connectivity index (χ0n) is 18.6. The number of aromatic nitrogens is 2. The molecule has 7 nitrogen and oxygen atoms in total. The van der Waals surface area contributed by atoms with Crippen LogP contribution in [-0.4, -0.2) is 22.3 Å². The number of hydrogen-bond acceptors (Lipinski definition) is 5. The van der Waals surface area contributed by atoms with Crippen molar-refractivity contribution in [2.75, 3.05) is 6.61 Å². The standard InChI is InChI=1S/C27H25N3O4/c31-26-16-15-25(29-30(26)17-18-33-23-11-3-1-4-12-23)27(32)28-19-21-9-7-8-10-22(21)20-34-24-13-5-2-6-14-24/h1-16H,17-20H2,(H,28,32). The van der Waals surface area contributed by atoms with E-state index in [0.29, 0.717) is 18.9 Å². The molecule has 0 radical (unpaired) electrons. The van der Waals surface area contributed by atoms with Crippen molar-refractivity contribution in [2.45, 2.75) is 19.7 Å². The molecule has 4 rings (SSSR count). The molecule has 0 spiro atoms. The molecule has 4 aromatic rings. The average Bonchev–Trinajstić information content (AvgIpc) is 2.89. The van der Waals surface area contributed by atoms with Crippen molar-refractivity contribution in [3.63, 3.8) is 0 Å². The number of hydrogen-bond donors (Lipinski definition) is 1. The number of nitrogens with zero attached hydrogens (tertiary/aromatic N) is 2. The van der Waals surface area contributed by atoms with Crippen molar-refractivity contribution in [1.29, 1.82) is 0 Å². The molecule has 0 saturated heterocycles. The molecule has 172 valence electrons. The van der Waals surface area contributed by atoms with Crippen molar-refractivity contribution in [1.82, 2.24) is 15.1 Å². The van der Waals surface area contributed by atoms with E-state index < -0.39 is 0 Å². The predicted molar refractivity (Wildman–Crippen MR) is 129 cm³/mol. The minimum Gasteiger partial charge on any atom is -0.492 e. The first-order valence-electron chi connectivity index (χ1n) is 11.0. The van der Waals surface area contributed by atoms with E-state index in [1.54, 1.807) is 0 Å². The number of ether oxygens (including phenoxy) is 2. The molecule has 0 unspecified atom stereocenters. The number of para-hydroxylation sites is 2. The van der Waals surface area contributed by atoms with E-state index in [0.717, 1.165) is 16.9 Å². The fourth-order valence-corrected chi connectivity index (χ4v) is 3.31. The van der Waals surface area contributed by atoms with E-state index in [1.807, 2.05) is 84.9 Å². The Labute approximate surface area is 197 Å². The molecule has 0 aliphatic heterocycles. The van der Waals surface area contributed by atoms with Crippen molar-refractivity contribution >= 4 is 5.91 Å². The Kier molecular flexibility index (Phi) is 7.69. The van der Waals surface area contributed by atoms with Crippen LogP contribution in [0.2, 0.25) is 0 Å². The SMILES string of the molecule is O=C(NCc1ccccc1COc1ccccc1)c1ccc(=O)n(CCOc2ccccc2)n1. The number of rotatable bonds is 10. The fraction of sp³-hybridized carbons (Fsp3) is 0.148. The Hall–Kier alpha value is -4.39. The van der Waals surface area contributed by atoms with Crippen LogP contribution in [0.4, 0.5) is 0 Å². The highest BCUT2D eigenvalue weighted by molar-refractivity contribution is 5.91. The molecule has 0 aliphatic rings. The third-order valence-corrected chi connectivity index (χ3v) is 5.11. The van der Waals surface area contributed by atoms with E-state index in [1.165, 1.54) is 16.8 Å². The summed E-state index contributed by atoms with van der Waals surface area (Å²) in [5, 5.41) is 7.08. The summed E-state index contributed by atoms with van der Waals surface area (Å²) in [5.74, 6) is 1.12. The summed E-state index contributed by atoms with van der Waals surface area (Å²) in [6, 6.07) is 29.4. The van der Waals surface area contributed by atoms with Gasteiger partial charge < -0.3 is 14.8 Å². The lowest BCUT2D eigenvalue weighted by Crippen LogP contribution is -2.30. The van der Waals surface area contributed by atoms with Crippen molar-refractivity contribution in [3.05, 3.63) is 124 Å². The lowest BCUT2D eigenvalue weighted by atomic mass is 10.1. The largest absolute Gasteiger partial charge is 0.492 e.